The van der Waals surface area contributed by atoms with Crippen LogP contribution in [-0.4, -0.2) is 62.6 Å². The number of carbonyl (C=O) groups excluding carboxylic acids is 1. The van der Waals surface area contributed by atoms with E-state index < -0.39 is 6.10 Å². The van der Waals surface area contributed by atoms with Gasteiger partial charge in [-0.25, -0.2) is 4.98 Å². The Labute approximate surface area is 189 Å². The average Bonchev–Trinajstić information content (AvgIpc) is 3.22. The van der Waals surface area contributed by atoms with Crippen LogP contribution in [0.15, 0.2) is 35.4 Å². The second-order valence-corrected chi connectivity index (χ2v) is 8.47. The Bertz CT molecular complexity index is 1250. The maximum absolute atomic E-state index is 13.1. The maximum atomic E-state index is 13.1. The summed E-state index contributed by atoms with van der Waals surface area (Å²) in [6.07, 6.45) is 5.96. The van der Waals surface area contributed by atoms with Crippen LogP contribution in [-0.2, 0) is 4.74 Å². The number of amides is 1. The molecule has 3 aromatic rings. The number of anilines is 3. The van der Waals surface area contributed by atoms with E-state index in [-0.39, 0.29) is 35.2 Å². The number of aliphatic hydroxyl groups is 1. The van der Waals surface area contributed by atoms with Crippen molar-refractivity contribution in [3.8, 4) is 0 Å². The van der Waals surface area contributed by atoms with Crippen molar-refractivity contribution in [2.24, 2.45) is 0 Å². The fourth-order valence-corrected chi connectivity index (χ4v) is 4.31. The Kier molecular flexibility index (Phi) is 5.51. The third kappa shape index (κ3) is 3.72. The number of methoxy groups -OCH3 is 1. The van der Waals surface area contributed by atoms with Crippen molar-refractivity contribution in [3.63, 3.8) is 0 Å². The lowest BCUT2D eigenvalue weighted by Gasteiger charge is -2.36. The van der Waals surface area contributed by atoms with Crippen molar-refractivity contribution >= 4 is 28.9 Å². The number of aliphatic hydroxyl groups excluding tert-OH is 1. The molecule has 2 saturated carbocycles. The van der Waals surface area contributed by atoms with Gasteiger partial charge < -0.3 is 30.4 Å². The normalized spacial score (nSPS) is 24.1. The molecule has 2 fully saturated rings. The quantitative estimate of drug-likeness (QED) is 0.420. The number of nitrogens with zero attached hydrogens (tertiary/aromatic N) is 4. The first-order chi connectivity index (χ1) is 16.0. The van der Waals surface area contributed by atoms with Gasteiger partial charge in [0.15, 0.2) is 5.65 Å². The SMILES string of the molecule is CNc1cc(Nc2cccn([C@@H]3CC[C@H]3OC)c2=O)nc2c(C(=O)N[C@@H]3CC[C@H]3O)cnn12. The van der Waals surface area contributed by atoms with E-state index in [9.17, 15) is 14.7 Å². The highest BCUT2D eigenvalue weighted by atomic mass is 16.5. The zero-order valence-corrected chi connectivity index (χ0v) is 18.5. The largest absolute Gasteiger partial charge is 0.391 e. The summed E-state index contributed by atoms with van der Waals surface area (Å²) in [5.41, 5.74) is 0.839. The van der Waals surface area contributed by atoms with Gasteiger partial charge in [0.25, 0.3) is 11.5 Å². The van der Waals surface area contributed by atoms with Gasteiger partial charge in [0.2, 0.25) is 0 Å². The molecule has 0 spiro atoms. The van der Waals surface area contributed by atoms with Crippen LogP contribution in [0, 0.1) is 0 Å². The van der Waals surface area contributed by atoms with Gasteiger partial charge in [0.1, 0.15) is 22.9 Å². The molecule has 174 valence electrons. The summed E-state index contributed by atoms with van der Waals surface area (Å²) < 4.78 is 8.67. The van der Waals surface area contributed by atoms with Crippen LogP contribution in [0.25, 0.3) is 5.65 Å². The molecule has 11 heteroatoms. The average molecular weight is 454 g/mol. The zero-order chi connectivity index (χ0) is 23.1. The van der Waals surface area contributed by atoms with Crippen molar-refractivity contribution in [2.75, 3.05) is 24.8 Å². The van der Waals surface area contributed by atoms with Crippen LogP contribution < -0.4 is 21.5 Å². The van der Waals surface area contributed by atoms with E-state index in [0.29, 0.717) is 29.4 Å². The molecule has 4 atom stereocenters. The summed E-state index contributed by atoms with van der Waals surface area (Å²) in [5.74, 6) is 0.648. The van der Waals surface area contributed by atoms with Crippen LogP contribution in [0.1, 0.15) is 42.1 Å². The molecule has 33 heavy (non-hydrogen) atoms. The summed E-state index contributed by atoms with van der Waals surface area (Å²) in [6.45, 7) is 0. The number of fused-ring (bicyclic) bond motifs is 1. The standard InChI is InChI=1S/C22H27N7O4/c1-23-19-10-18(25-14-4-3-9-28(22(14)32)15-6-8-17(15)33-2)27-20-12(11-24-29(19)20)21(31)26-13-5-7-16(13)30/h3-4,9-11,13,15-17,23,30H,5-8H2,1-2H3,(H,25,27)(H,26,31)/t13-,15-,16-,17-/m1/s1. The van der Waals surface area contributed by atoms with Crippen LogP contribution >= 0.6 is 0 Å². The van der Waals surface area contributed by atoms with Gasteiger partial charge in [-0.2, -0.15) is 9.61 Å². The van der Waals surface area contributed by atoms with Crippen LogP contribution in [0.4, 0.5) is 17.3 Å². The Morgan fingerprint density at radius 2 is 2.12 bits per heavy atom. The molecular formula is C22H27N7O4. The molecule has 2 aliphatic rings. The van der Waals surface area contributed by atoms with E-state index in [4.69, 9.17) is 4.74 Å². The first-order valence-corrected chi connectivity index (χ1v) is 11.1. The maximum Gasteiger partial charge on any atom is 0.274 e. The van der Waals surface area contributed by atoms with Gasteiger partial charge in [-0.05, 0) is 37.8 Å². The van der Waals surface area contributed by atoms with Crippen LogP contribution in [0.2, 0.25) is 0 Å². The molecule has 0 bridgehead atoms. The lowest BCUT2D eigenvalue weighted by Crippen LogP contribution is -2.50. The molecule has 0 aromatic carbocycles. The molecule has 3 aromatic heterocycles. The second-order valence-electron chi connectivity index (χ2n) is 8.47. The molecule has 0 aliphatic heterocycles. The molecule has 5 rings (SSSR count). The van der Waals surface area contributed by atoms with E-state index in [1.807, 2.05) is 6.07 Å². The van der Waals surface area contributed by atoms with Crippen LogP contribution in [0.5, 0.6) is 0 Å². The fraction of sp³-hybridized carbons (Fsp3) is 0.455. The lowest BCUT2D eigenvalue weighted by molar-refractivity contribution is -0.0103. The van der Waals surface area contributed by atoms with E-state index >= 15 is 0 Å². The van der Waals surface area contributed by atoms with Crippen molar-refractivity contribution in [1.29, 1.82) is 0 Å². The predicted molar refractivity (Wildman–Crippen MR) is 122 cm³/mol. The first kappa shape index (κ1) is 21.4. The monoisotopic (exact) mass is 453 g/mol. The van der Waals surface area contributed by atoms with Crippen molar-refractivity contribution in [1.82, 2.24) is 24.5 Å². The molecule has 4 N–H and O–H groups in total. The van der Waals surface area contributed by atoms with Gasteiger partial charge in [0.05, 0.1) is 30.5 Å². The van der Waals surface area contributed by atoms with Gasteiger partial charge in [-0.3, -0.25) is 9.59 Å². The van der Waals surface area contributed by atoms with Gasteiger partial charge in [0, 0.05) is 26.4 Å². The topological polar surface area (TPSA) is 135 Å². The highest BCUT2D eigenvalue weighted by molar-refractivity contribution is 6.00. The molecule has 0 unspecified atom stereocenters. The summed E-state index contributed by atoms with van der Waals surface area (Å²) >= 11 is 0. The molecular weight excluding hydrogens is 426 g/mol. The Balaban J connectivity index is 1.46. The van der Waals surface area contributed by atoms with Crippen molar-refractivity contribution in [3.05, 3.63) is 46.5 Å². The highest BCUT2D eigenvalue weighted by Crippen LogP contribution is 2.33. The van der Waals surface area contributed by atoms with E-state index in [1.165, 1.54) is 10.7 Å². The molecule has 1 amide bonds. The summed E-state index contributed by atoms with van der Waals surface area (Å²) in [5, 5.41) is 23.0. The fourth-order valence-electron chi connectivity index (χ4n) is 4.31. The minimum absolute atomic E-state index is 0.0135. The molecule has 3 heterocycles. The summed E-state index contributed by atoms with van der Waals surface area (Å²) in [7, 11) is 3.40. The number of carbonyl (C=O) groups is 1. The Hall–Kier alpha value is -3.44. The van der Waals surface area contributed by atoms with E-state index in [2.05, 4.69) is 26.0 Å². The summed E-state index contributed by atoms with van der Waals surface area (Å²) in [6, 6.07) is 4.98. The van der Waals surface area contributed by atoms with Crippen molar-refractivity contribution in [2.45, 2.75) is 50.0 Å². The van der Waals surface area contributed by atoms with Gasteiger partial charge >= 0.3 is 0 Å². The van der Waals surface area contributed by atoms with E-state index in [0.717, 1.165) is 19.3 Å². The first-order valence-electron chi connectivity index (χ1n) is 11.1. The van der Waals surface area contributed by atoms with Crippen molar-refractivity contribution < 1.29 is 14.6 Å². The second kappa shape index (κ2) is 8.49. The van der Waals surface area contributed by atoms with Gasteiger partial charge in [-0.1, -0.05) is 0 Å². The molecule has 2 aliphatic carbocycles. The highest BCUT2D eigenvalue weighted by Gasteiger charge is 2.33. The number of nitrogens with one attached hydrogen (secondary N) is 3. The number of rotatable bonds is 7. The minimum atomic E-state index is -0.525. The number of ether oxygens (including phenoxy) is 1. The molecule has 0 saturated heterocycles. The number of hydrogen-bond acceptors (Lipinski definition) is 8. The minimum Gasteiger partial charge on any atom is -0.391 e. The molecule has 0 radical (unpaired) electrons. The number of hydrogen-bond donors (Lipinski definition) is 4. The number of aromatic nitrogens is 4. The Morgan fingerprint density at radius 1 is 1.27 bits per heavy atom. The molecule has 11 nitrogen and oxygen atoms in total. The van der Waals surface area contributed by atoms with E-state index in [1.54, 1.807) is 37.1 Å². The predicted octanol–water partition coefficient (Wildman–Crippen LogP) is 1.28. The number of pyridine rings is 1. The summed E-state index contributed by atoms with van der Waals surface area (Å²) in [4.78, 5) is 30.5. The smallest absolute Gasteiger partial charge is 0.274 e. The van der Waals surface area contributed by atoms with Gasteiger partial charge in [-0.15, -0.1) is 0 Å². The third-order valence-electron chi connectivity index (χ3n) is 6.60. The van der Waals surface area contributed by atoms with Crippen LogP contribution in [0.3, 0.4) is 0 Å². The Morgan fingerprint density at radius 3 is 2.76 bits per heavy atom. The zero-order valence-electron chi connectivity index (χ0n) is 18.5. The third-order valence-corrected chi connectivity index (χ3v) is 6.60. The lowest BCUT2D eigenvalue weighted by atomic mass is 9.88.